The number of benzene rings is 1. The van der Waals surface area contributed by atoms with Gasteiger partial charge in [-0.2, -0.15) is 0 Å². The second-order valence-corrected chi connectivity index (χ2v) is 4.80. The van der Waals surface area contributed by atoms with Crippen LogP contribution in [0.3, 0.4) is 0 Å². The van der Waals surface area contributed by atoms with E-state index in [4.69, 9.17) is 5.73 Å². The van der Waals surface area contributed by atoms with Gasteiger partial charge in [0.05, 0.1) is 6.54 Å². The maximum atomic E-state index is 11.1. The Kier molecular flexibility index (Phi) is 3.54. The average molecular weight is 246 g/mol. The topological polar surface area (TPSA) is 55.1 Å². The Balaban J connectivity index is 2.38. The number of hydrogen-bond acceptors (Lipinski definition) is 3. The van der Waals surface area contributed by atoms with Crippen LogP contribution in [0.15, 0.2) is 29.2 Å². The van der Waals surface area contributed by atoms with Gasteiger partial charge in [-0.05, 0) is 36.4 Å². The van der Waals surface area contributed by atoms with Crippen molar-refractivity contribution in [2.24, 2.45) is 0 Å². The van der Waals surface area contributed by atoms with Gasteiger partial charge in [-0.3, -0.25) is 4.79 Å². The first-order chi connectivity index (χ1) is 8.20. The third-order valence-electron chi connectivity index (χ3n) is 2.45. The molecule has 1 heterocycles. The van der Waals surface area contributed by atoms with Gasteiger partial charge >= 0.3 is 0 Å². The molecule has 0 aromatic heterocycles. The van der Waals surface area contributed by atoms with Gasteiger partial charge in [-0.15, -0.1) is 0 Å². The summed E-state index contributed by atoms with van der Waals surface area (Å²) in [6.07, 6.45) is 5.95. The minimum Gasteiger partial charge on any atom is -0.398 e. The Labute approximate surface area is 105 Å². The lowest BCUT2D eigenvalue weighted by Gasteiger charge is -2.05. The summed E-state index contributed by atoms with van der Waals surface area (Å²) in [5, 5.41) is 2.77. The number of nitrogens with two attached hydrogens (primary N) is 1. The van der Waals surface area contributed by atoms with E-state index in [9.17, 15) is 4.79 Å². The lowest BCUT2D eigenvalue weighted by Crippen LogP contribution is -2.09. The molecule has 0 atom stereocenters. The molecular weight excluding hydrogens is 232 g/mol. The second kappa shape index (κ2) is 5.10. The standard InChI is InChI=1S/C13H14N2OS/c1-2-4-11-9(5-3-6-12(11)14)7-10-8-15-13(16)17-10/h2-7H,8,14H2,1H3,(H,15,16)/b4-2-,10-7-. The van der Waals surface area contributed by atoms with Crippen molar-refractivity contribution in [3.63, 3.8) is 0 Å². The zero-order valence-corrected chi connectivity index (χ0v) is 10.4. The number of carbonyl (C=O) groups is 1. The molecule has 0 saturated carbocycles. The first-order valence-electron chi connectivity index (χ1n) is 5.38. The molecule has 0 bridgehead atoms. The molecule has 88 valence electrons. The summed E-state index contributed by atoms with van der Waals surface area (Å²) in [5.74, 6) is 0. The van der Waals surface area contributed by atoms with E-state index in [0.29, 0.717) is 6.54 Å². The van der Waals surface area contributed by atoms with Crippen molar-refractivity contribution >= 4 is 34.8 Å². The van der Waals surface area contributed by atoms with Gasteiger partial charge in [0.1, 0.15) is 0 Å². The first kappa shape index (κ1) is 11.8. The Morgan fingerprint density at radius 2 is 2.29 bits per heavy atom. The molecular formula is C13H14N2OS. The molecule has 1 aromatic rings. The molecule has 0 spiro atoms. The van der Waals surface area contributed by atoms with E-state index in [1.807, 2.05) is 43.4 Å². The number of nitrogen functional groups attached to an aromatic ring is 1. The van der Waals surface area contributed by atoms with Crippen LogP contribution in [-0.4, -0.2) is 11.8 Å². The molecule has 0 radical (unpaired) electrons. The quantitative estimate of drug-likeness (QED) is 0.788. The molecule has 1 amide bonds. The lowest BCUT2D eigenvalue weighted by molar-refractivity contribution is 0.262. The predicted octanol–water partition coefficient (Wildman–Crippen LogP) is 3.10. The largest absolute Gasteiger partial charge is 0.398 e. The van der Waals surface area contributed by atoms with Crippen molar-refractivity contribution in [3.8, 4) is 0 Å². The summed E-state index contributed by atoms with van der Waals surface area (Å²) in [6.45, 7) is 2.56. The van der Waals surface area contributed by atoms with Crippen LogP contribution in [0.2, 0.25) is 0 Å². The minimum atomic E-state index is 0.00716. The van der Waals surface area contributed by atoms with E-state index in [-0.39, 0.29) is 5.24 Å². The number of nitrogens with one attached hydrogen (secondary N) is 1. The van der Waals surface area contributed by atoms with E-state index in [0.717, 1.165) is 21.7 Å². The number of carbonyl (C=O) groups excluding carboxylic acids is 1. The fourth-order valence-electron chi connectivity index (χ4n) is 1.69. The third-order valence-corrected chi connectivity index (χ3v) is 3.31. The molecule has 1 aromatic carbocycles. The van der Waals surface area contributed by atoms with Crippen molar-refractivity contribution in [1.29, 1.82) is 0 Å². The van der Waals surface area contributed by atoms with Crippen molar-refractivity contribution in [1.82, 2.24) is 5.32 Å². The molecule has 2 rings (SSSR count). The minimum absolute atomic E-state index is 0.00716. The van der Waals surface area contributed by atoms with Gasteiger partial charge in [0.15, 0.2) is 0 Å². The number of rotatable bonds is 2. The molecule has 1 saturated heterocycles. The van der Waals surface area contributed by atoms with Crippen LogP contribution >= 0.6 is 11.8 Å². The van der Waals surface area contributed by atoms with Crippen molar-refractivity contribution < 1.29 is 4.79 Å². The van der Waals surface area contributed by atoms with Gasteiger partial charge in [-0.1, -0.05) is 24.3 Å². The van der Waals surface area contributed by atoms with E-state index < -0.39 is 0 Å². The van der Waals surface area contributed by atoms with Crippen LogP contribution in [0.4, 0.5) is 10.5 Å². The number of thioether (sulfide) groups is 1. The lowest BCUT2D eigenvalue weighted by atomic mass is 10.0. The van der Waals surface area contributed by atoms with Crippen LogP contribution in [0.1, 0.15) is 18.1 Å². The third kappa shape index (κ3) is 2.71. The highest BCUT2D eigenvalue weighted by Crippen LogP contribution is 2.27. The zero-order chi connectivity index (χ0) is 12.3. The SMILES string of the molecule is C/C=C\c1c(N)cccc1/C=C1/CNC(=O)S1. The highest BCUT2D eigenvalue weighted by molar-refractivity contribution is 8.17. The van der Waals surface area contributed by atoms with Gasteiger partial charge in [0.25, 0.3) is 5.24 Å². The molecule has 1 aliphatic heterocycles. The van der Waals surface area contributed by atoms with Crippen molar-refractivity contribution in [2.45, 2.75) is 6.92 Å². The van der Waals surface area contributed by atoms with E-state index >= 15 is 0 Å². The van der Waals surface area contributed by atoms with Crippen molar-refractivity contribution in [2.75, 3.05) is 12.3 Å². The summed E-state index contributed by atoms with van der Waals surface area (Å²) >= 11 is 1.24. The van der Waals surface area contributed by atoms with Crippen LogP contribution in [-0.2, 0) is 0 Å². The predicted molar refractivity (Wildman–Crippen MR) is 74.5 cm³/mol. The maximum absolute atomic E-state index is 11.1. The van der Waals surface area contributed by atoms with Gasteiger partial charge in [-0.25, -0.2) is 0 Å². The molecule has 0 aliphatic carbocycles. The number of amides is 1. The van der Waals surface area contributed by atoms with E-state index in [2.05, 4.69) is 5.32 Å². The summed E-state index contributed by atoms with van der Waals surface area (Å²) in [7, 11) is 0. The summed E-state index contributed by atoms with van der Waals surface area (Å²) in [6, 6.07) is 5.80. The van der Waals surface area contributed by atoms with Gasteiger partial charge in [0.2, 0.25) is 0 Å². The summed E-state index contributed by atoms with van der Waals surface area (Å²) < 4.78 is 0. The molecule has 1 fully saturated rings. The Bertz CT molecular complexity index is 506. The summed E-state index contributed by atoms with van der Waals surface area (Å²) in [5.41, 5.74) is 8.73. The molecule has 3 nitrogen and oxygen atoms in total. The smallest absolute Gasteiger partial charge is 0.283 e. The number of allylic oxidation sites excluding steroid dienone is 1. The fraction of sp³-hybridized carbons (Fsp3) is 0.154. The van der Waals surface area contributed by atoms with Crippen LogP contribution in [0.5, 0.6) is 0 Å². The van der Waals surface area contributed by atoms with Crippen LogP contribution < -0.4 is 11.1 Å². The van der Waals surface area contributed by atoms with Crippen molar-refractivity contribution in [3.05, 3.63) is 40.3 Å². The molecule has 0 unspecified atom stereocenters. The average Bonchev–Trinajstić information content (AvgIpc) is 2.69. The molecule has 4 heteroatoms. The first-order valence-corrected chi connectivity index (χ1v) is 6.20. The Morgan fingerprint density at radius 1 is 1.47 bits per heavy atom. The highest BCUT2D eigenvalue weighted by Gasteiger charge is 2.15. The van der Waals surface area contributed by atoms with E-state index in [1.165, 1.54) is 11.8 Å². The van der Waals surface area contributed by atoms with E-state index in [1.54, 1.807) is 0 Å². The Hall–Kier alpha value is -1.68. The molecule has 17 heavy (non-hydrogen) atoms. The highest BCUT2D eigenvalue weighted by atomic mass is 32.2. The monoisotopic (exact) mass is 246 g/mol. The van der Waals surface area contributed by atoms with Crippen LogP contribution in [0.25, 0.3) is 12.2 Å². The molecule has 1 aliphatic rings. The zero-order valence-electron chi connectivity index (χ0n) is 9.57. The molecule has 3 N–H and O–H groups in total. The number of hydrogen-bond donors (Lipinski definition) is 2. The van der Waals surface area contributed by atoms with Gasteiger partial charge < -0.3 is 11.1 Å². The second-order valence-electron chi connectivity index (χ2n) is 3.70. The number of anilines is 1. The maximum Gasteiger partial charge on any atom is 0.283 e. The normalized spacial score (nSPS) is 17.9. The van der Waals surface area contributed by atoms with Crippen LogP contribution in [0, 0.1) is 0 Å². The fourth-order valence-corrected chi connectivity index (χ4v) is 2.40. The van der Waals surface area contributed by atoms with Gasteiger partial charge in [0, 0.05) is 16.2 Å². The Morgan fingerprint density at radius 3 is 2.94 bits per heavy atom. The summed E-state index contributed by atoms with van der Waals surface area (Å²) in [4.78, 5) is 12.1.